The Hall–Kier alpha value is -0.620. The first kappa shape index (κ1) is 14.8. The lowest BCUT2D eigenvalue weighted by Gasteiger charge is -2.37. The van der Waals surface area contributed by atoms with E-state index in [4.69, 9.17) is 17.3 Å². The maximum Gasteiger partial charge on any atom is 0.250 e. The summed E-state index contributed by atoms with van der Waals surface area (Å²) in [6.45, 7) is 1.68. The van der Waals surface area contributed by atoms with Crippen molar-refractivity contribution in [3.8, 4) is 0 Å². The van der Waals surface area contributed by atoms with E-state index in [-0.39, 0.29) is 6.54 Å². The molecule has 0 saturated carbocycles. The number of aliphatic hydroxyl groups is 1. The van der Waals surface area contributed by atoms with Crippen LogP contribution < -0.4 is 5.73 Å². The highest BCUT2D eigenvalue weighted by Gasteiger charge is 2.38. The Balaban J connectivity index is 2.09. The minimum Gasteiger partial charge on any atom is -0.379 e. The molecule has 1 atom stereocenters. The number of carbonyl (C=O) groups is 1. The molecule has 0 bridgehead atoms. The molecule has 0 radical (unpaired) electrons. The lowest BCUT2D eigenvalue weighted by Crippen LogP contribution is -2.55. The van der Waals surface area contributed by atoms with Crippen molar-refractivity contribution in [1.29, 1.82) is 0 Å². The molecule has 1 aliphatic rings. The number of piperidine rings is 1. The van der Waals surface area contributed by atoms with E-state index >= 15 is 0 Å². The van der Waals surface area contributed by atoms with Gasteiger partial charge in [0.25, 0.3) is 5.91 Å². The van der Waals surface area contributed by atoms with E-state index in [0.717, 1.165) is 23.0 Å². The molecule has 104 valence electrons. The molecule has 0 aliphatic carbocycles. The van der Waals surface area contributed by atoms with Gasteiger partial charge in [-0.25, -0.2) is 0 Å². The van der Waals surface area contributed by atoms with Crippen LogP contribution in [0.15, 0.2) is 22.7 Å². The van der Waals surface area contributed by atoms with Crippen LogP contribution in [0.3, 0.4) is 0 Å². The second-order valence-corrected chi connectivity index (χ2v) is 6.27. The Labute approximate surface area is 125 Å². The molecule has 1 saturated heterocycles. The molecule has 19 heavy (non-hydrogen) atoms. The highest BCUT2D eigenvalue weighted by Crippen LogP contribution is 2.26. The third-order valence-electron chi connectivity index (χ3n) is 3.42. The van der Waals surface area contributed by atoms with Gasteiger partial charge >= 0.3 is 0 Å². The molecule has 1 aromatic carbocycles. The molecule has 0 spiro atoms. The summed E-state index contributed by atoms with van der Waals surface area (Å²) >= 11 is 9.53. The number of carbonyl (C=O) groups excluding carboxylic acids is 1. The largest absolute Gasteiger partial charge is 0.379 e. The Bertz CT molecular complexity index is 498. The summed E-state index contributed by atoms with van der Waals surface area (Å²) in [5.41, 5.74) is 4.81. The number of benzene rings is 1. The van der Waals surface area contributed by atoms with Crippen LogP contribution in [-0.4, -0.2) is 34.6 Å². The van der Waals surface area contributed by atoms with Crippen molar-refractivity contribution in [2.75, 3.05) is 13.1 Å². The molecule has 6 heteroatoms. The molecule has 2 rings (SSSR count). The lowest BCUT2D eigenvalue weighted by molar-refractivity contribution is -0.142. The van der Waals surface area contributed by atoms with Crippen molar-refractivity contribution in [3.05, 3.63) is 33.3 Å². The number of hydrogen-bond acceptors (Lipinski definition) is 3. The molecule has 4 nitrogen and oxygen atoms in total. The van der Waals surface area contributed by atoms with Crippen LogP contribution >= 0.6 is 27.5 Å². The number of amides is 1. The summed E-state index contributed by atoms with van der Waals surface area (Å²) in [5.74, 6) is -0.654. The van der Waals surface area contributed by atoms with Gasteiger partial charge in [-0.05, 0) is 37.1 Å². The van der Waals surface area contributed by atoms with Crippen LogP contribution in [0.1, 0.15) is 18.4 Å². The van der Waals surface area contributed by atoms with Crippen LogP contribution in [-0.2, 0) is 11.3 Å². The number of primary amides is 1. The fraction of sp³-hybridized carbons (Fsp3) is 0.462. The van der Waals surface area contributed by atoms with Gasteiger partial charge in [-0.15, -0.1) is 0 Å². The van der Waals surface area contributed by atoms with Gasteiger partial charge in [0, 0.05) is 22.6 Å². The minimum absolute atomic E-state index is 0.259. The fourth-order valence-corrected chi connectivity index (χ4v) is 3.08. The topological polar surface area (TPSA) is 66.6 Å². The summed E-state index contributed by atoms with van der Waals surface area (Å²) in [5, 5.41) is 10.8. The average Bonchev–Trinajstić information content (AvgIpc) is 2.33. The molecule has 0 aromatic heterocycles. The molecule has 1 heterocycles. The zero-order valence-electron chi connectivity index (χ0n) is 10.4. The normalized spacial score (nSPS) is 24.4. The number of rotatable bonds is 3. The Morgan fingerprint density at radius 2 is 2.32 bits per heavy atom. The van der Waals surface area contributed by atoms with Crippen molar-refractivity contribution in [2.24, 2.45) is 5.73 Å². The van der Waals surface area contributed by atoms with Crippen LogP contribution in [0.5, 0.6) is 0 Å². The van der Waals surface area contributed by atoms with Crippen molar-refractivity contribution in [1.82, 2.24) is 4.90 Å². The SMILES string of the molecule is NC(=O)[C@@]1(O)CCCN(Cc2ccc(Br)cc2Cl)C1. The fourth-order valence-electron chi connectivity index (χ4n) is 2.35. The van der Waals surface area contributed by atoms with Gasteiger partial charge in [0.1, 0.15) is 0 Å². The van der Waals surface area contributed by atoms with E-state index in [1.165, 1.54) is 0 Å². The standard InChI is InChI=1S/C13H16BrClN2O2/c14-10-3-2-9(11(15)6-10)7-17-5-1-4-13(19,8-17)12(16)18/h2-3,6,19H,1,4-5,7-8H2,(H2,16,18)/t13-/m1/s1. The van der Waals surface area contributed by atoms with Gasteiger partial charge in [-0.1, -0.05) is 33.6 Å². The number of nitrogens with zero attached hydrogens (tertiary/aromatic N) is 1. The molecular formula is C13H16BrClN2O2. The first-order valence-corrected chi connectivity index (χ1v) is 7.26. The molecule has 1 aliphatic heterocycles. The van der Waals surface area contributed by atoms with Gasteiger partial charge in [0.15, 0.2) is 5.60 Å². The van der Waals surface area contributed by atoms with Crippen molar-refractivity contribution < 1.29 is 9.90 Å². The monoisotopic (exact) mass is 346 g/mol. The van der Waals surface area contributed by atoms with Gasteiger partial charge in [0.05, 0.1) is 0 Å². The lowest BCUT2D eigenvalue weighted by atomic mass is 9.92. The number of β-amino-alcohol motifs (C(OH)–C–C–N with tert-alkyl or cyclic N) is 1. The van der Waals surface area contributed by atoms with E-state index in [9.17, 15) is 9.90 Å². The molecule has 1 aromatic rings. The summed E-state index contributed by atoms with van der Waals surface area (Å²) in [4.78, 5) is 13.3. The number of likely N-dealkylation sites (tertiary alicyclic amines) is 1. The maximum atomic E-state index is 11.3. The highest BCUT2D eigenvalue weighted by molar-refractivity contribution is 9.10. The maximum absolute atomic E-state index is 11.3. The molecule has 1 fully saturated rings. The van der Waals surface area contributed by atoms with Crippen LogP contribution in [0.2, 0.25) is 5.02 Å². The summed E-state index contributed by atoms with van der Waals surface area (Å²) in [7, 11) is 0. The number of nitrogens with two attached hydrogens (primary N) is 1. The van der Waals surface area contributed by atoms with Gasteiger partial charge in [0.2, 0.25) is 0 Å². The van der Waals surface area contributed by atoms with Crippen LogP contribution in [0, 0.1) is 0 Å². The second-order valence-electron chi connectivity index (χ2n) is 4.95. The van der Waals surface area contributed by atoms with E-state index in [1.54, 1.807) is 0 Å². The van der Waals surface area contributed by atoms with Crippen molar-refractivity contribution in [2.45, 2.75) is 25.0 Å². The third-order valence-corrected chi connectivity index (χ3v) is 4.26. The molecular weight excluding hydrogens is 332 g/mol. The summed E-state index contributed by atoms with van der Waals surface area (Å²) in [6, 6.07) is 5.69. The predicted molar refractivity (Wildman–Crippen MR) is 77.8 cm³/mol. The van der Waals surface area contributed by atoms with E-state index in [0.29, 0.717) is 18.0 Å². The minimum atomic E-state index is -1.42. The third kappa shape index (κ3) is 3.48. The number of hydrogen-bond donors (Lipinski definition) is 2. The zero-order chi connectivity index (χ0) is 14.0. The Morgan fingerprint density at radius 3 is 2.95 bits per heavy atom. The Kier molecular flexibility index (Phi) is 4.50. The second kappa shape index (κ2) is 5.79. The van der Waals surface area contributed by atoms with Gasteiger partial charge in [-0.2, -0.15) is 0 Å². The predicted octanol–water partition coefficient (Wildman–Crippen LogP) is 1.91. The van der Waals surface area contributed by atoms with Crippen LogP contribution in [0.4, 0.5) is 0 Å². The van der Waals surface area contributed by atoms with Crippen molar-refractivity contribution >= 4 is 33.4 Å². The molecule has 3 N–H and O–H groups in total. The zero-order valence-corrected chi connectivity index (χ0v) is 12.7. The number of halogens is 2. The summed E-state index contributed by atoms with van der Waals surface area (Å²) < 4.78 is 0.925. The average molecular weight is 348 g/mol. The summed E-state index contributed by atoms with van der Waals surface area (Å²) in [6.07, 6.45) is 1.17. The van der Waals surface area contributed by atoms with Crippen molar-refractivity contribution in [3.63, 3.8) is 0 Å². The van der Waals surface area contributed by atoms with Gasteiger partial charge in [-0.3, -0.25) is 9.69 Å². The van der Waals surface area contributed by atoms with Crippen LogP contribution in [0.25, 0.3) is 0 Å². The van der Waals surface area contributed by atoms with E-state index in [2.05, 4.69) is 15.9 Å². The van der Waals surface area contributed by atoms with E-state index in [1.807, 2.05) is 23.1 Å². The highest BCUT2D eigenvalue weighted by atomic mass is 79.9. The van der Waals surface area contributed by atoms with E-state index < -0.39 is 11.5 Å². The first-order valence-electron chi connectivity index (χ1n) is 6.09. The molecule has 0 unspecified atom stereocenters. The molecule has 1 amide bonds. The first-order chi connectivity index (χ1) is 8.90. The van der Waals surface area contributed by atoms with Gasteiger partial charge < -0.3 is 10.8 Å². The Morgan fingerprint density at radius 1 is 1.58 bits per heavy atom. The smallest absolute Gasteiger partial charge is 0.250 e. The quantitative estimate of drug-likeness (QED) is 0.878.